The van der Waals surface area contributed by atoms with Gasteiger partial charge in [0.1, 0.15) is 23.0 Å². The topological polar surface area (TPSA) is 80.9 Å². The molecule has 4 heteroatoms. The van der Waals surface area contributed by atoms with Crippen molar-refractivity contribution in [3.8, 4) is 23.0 Å². The van der Waals surface area contributed by atoms with Gasteiger partial charge in [-0.2, -0.15) is 0 Å². The number of phenols is 4. The van der Waals surface area contributed by atoms with E-state index in [-0.39, 0.29) is 10.8 Å². The van der Waals surface area contributed by atoms with Gasteiger partial charge in [-0.1, -0.05) is 101 Å². The van der Waals surface area contributed by atoms with Crippen LogP contribution in [0.4, 0.5) is 0 Å². The van der Waals surface area contributed by atoms with Crippen LogP contribution in [0.2, 0.25) is 0 Å². The van der Waals surface area contributed by atoms with Crippen LogP contribution in [0.5, 0.6) is 23.0 Å². The molecule has 9 aliphatic carbocycles. The zero-order valence-electron chi connectivity index (χ0n) is 44.3. The SMILES string of the molecule is Cc1cc(C2CC3CC2C2C(c4cc(C)c(C5CC6CC5C5C(c7cc(C)cc(C(C)(C)C)c7O)CCC65)cc4O)CCC32)c(O)c(C2CCC3C4CC(c5cc(C)cc(C(C)(C)C)c5O)C(C4)C23)c1. The molecule has 0 radical (unpaired) electrons. The summed E-state index contributed by atoms with van der Waals surface area (Å²) in [5.74, 6) is 12.3. The van der Waals surface area contributed by atoms with Crippen molar-refractivity contribution in [2.75, 3.05) is 0 Å². The van der Waals surface area contributed by atoms with Gasteiger partial charge in [0, 0.05) is 0 Å². The maximum Gasteiger partial charge on any atom is 0.122 e. The molecule has 6 bridgehead atoms. The van der Waals surface area contributed by atoms with Gasteiger partial charge in [0.05, 0.1) is 0 Å². The summed E-state index contributed by atoms with van der Waals surface area (Å²) in [6.07, 6.45) is 14.7. The first-order chi connectivity index (χ1) is 33.2. The Balaban J connectivity index is 0.764. The van der Waals surface area contributed by atoms with Gasteiger partial charge in [0.15, 0.2) is 0 Å². The maximum atomic E-state index is 12.7. The molecule has 9 saturated carbocycles. The van der Waals surface area contributed by atoms with Crippen molar-refractivity contribution in [2.24, 2.45) is 71.0 Å². The van der Waals surface area contributed by atoms with Crippen LogP contribution in [-0.4, -0.2) is 20.4 Å². The van der Waals surface area contributed by atoms with Crippen LogP contribution in [0.25, 0.3) is 0 Å². The Bertz CT molecular complexity index is 2780. The molecule has 0 saturated heterocycles. The molecule has 0 amide bonds. The molecule has 372 valence electrons. The van der Waals surface area contributed by atoms with Crippen LogP contribution in [0, 0.1) is 98.7 Å². The highest BCUT2D eigenvalue weighted by Gasteiger charge is 2.62. The minimum absolute atomic E-state index is 0.104. The van der Waals surface area contributed by atoms with E-state index in [2.05, 4.69) is 118 Å². The van der Waals surface area contributed by atoms with Gasteiger partial charge in [-0.05, 0) is 278 Å². The number of rotatable bonds is 6. The highest BCUT2D eigenvalue weighted by atomic mass is 16.3. The number of hydrogen-bond donors (Lipinski definition) is 4. The largest absolute Gasteiger partial charge is 0.508 e. The Kier molecular flexibility index (Phi) is 10.4. The molecule has 4 aromatic carbocycles. The highest BCUT2D eigenvalue weighted by Crippen LogP contribution is 2.72. The average Bonchev–Trinajstić information content (AvgIpc) is 4.15. The predicted molar refractivity (Wildman–Crippen MR) is 283 cm³/mol. The molecule has 18 atom stereocenters. The molecule has 9 aliphatic rings. The third kappa shape index (κ3) is 6.70. The van der Waals surface area contributed by atoms with E-state index in [0.29, 0.717) is 112 Å². The van der Waals surface area contributed by atoms with Crippen molar-refractivity contribution in [3.05, 3.63) is 115 Å². The minimum Gasteiger partial charge on any atom is -0.508 e. The van der Waals surface area contributed by atoms with Crippen LogP contribution >= 0.6 is 0 Å². The van der Waals surface area contributed by atoms with E-state index < -0.39 is 0 Å². The lowest BCUT2D eigenvalue weighted by Crippen LogP contribution is -2.28. The van der Waals surface area contributed by atoms with Crippen molar-refractivity contribution >= 4 is 0 Å². The Morgan fingerprint density at radius 1 is 0.343 bits per heavy atom. The van der Waals surface area contributed by atoms with Gasteiger partial charge in [0.25, 0.3) is 0 Å². The summed E-state index contributed by atoms with van der Waals surface area (Å²) in [5, 5.41) is 48.7. The third-order valence-corrected chi connectivity index (χ3v) is 22.9. The van der Waals surface area contributed by atoms with E-state index in [9.17, 15) is 20.4 Å². The van der Waals surface area contributed by atoms with E-state index in [4.69, 9.17) is 0 Å². The van der Waals surface area contributed by atoms with Gasteiger partial charge >= 0.3 is 0 Å². The summed E-state index contributed by atoms with van der Waals surface area (Å²) in [6, 6.07) is 18.4. The maximum absolute atomic E-state index is 12.7. The number of fused-ring (bicyclic) bond motifs is 15. The van der Waals surface area contributed by atoms with Gasteiger partial charge < -0.3 is 20.4 Å². The van der Waals surface area contributed by atoms with Gasteiger partial charge in [-0.25, -0.2) is 0 Å². The number of hydrogen-bond acceptors (Lipinski definition) is 4. The smallest absolute Gasteiger partial charge is 0.122 e. The molecule has 13 rings (SSSR count). The Hall–Kier alpha value is -3.92. The lowest BCUT2D eigenvalue weighted by Gasteiger charge is -2.38. The summed E-state index contributed by atoms with van der Waals surface area (Å²) in [7, 11) is 0. The number of phenolic OH excluding ortho intramolecular Hbond substituents is 4. The second kappa shape index (κ2) is 15.8. The fraction of sp³-hybridized carbons (Fsp3) is 0.636. The monoisotopic (exact) mass is 941 g/mol. The third-order valence-electron chi connectivity index (χ3n) is 22.9. The molecule has 18 unspecified atom stereocenters. The Morgan fingerprint density at radius 3 is 1.10 bits per heavy atom. The van der Waals surface area contributed by atoms with Crippen LogP contribution in [-0.2, 0) is 10.8 Å². The van der Waals surface area contributed by atoms with Crippen LogP contribution < -0.4 is 0 Å². The van der Waals surface area contributed by atoms with Crippen LogP contribution in [0.15, 0.2) is 48.5 Å². The summed E-state index contributed by atoms with van der Waals surface area (Å²) < 4.78 is 0. The van der Waals surface area contributed by atoms with Crippen molar-refractivity contribution in [2.45, 2.75) is 193 Å². The fourth-order valence-electron chi connectivity index (χ4n) is 20.6. The van der Waals surface area contributed by atoms with Gasteiger partial charge in [-0.3, -0.25) is 0 Å². The predicted octanol–water partition coefficient (Wildman–Crippen LogP) is 16.1. The lowest BCUT2D eigenvalue weighted by molar-refractivity contribution is 0.209. The van der Waals surface area contributed by atoms with Gasteiger partial charge in [0.2, 0.25) is 0 Å². The number of aryl methyl sites for hydroxylation is 4. The summed E-state index contributed by atoms with van der Waals surface area (Å²) >= 11 is 0. The molecule has 0 aliphatic heterocycles. The van der Waals surface area contributed by atoms with E-state index in [1.54, 1.807) is 0 Å². The number of aromatic hydroxyl groups is 4. The first-order valence-corrected chi connectivity index (χ1v) is 28.6. The first kappa shape index (κ1) is 45.9. The summed E-state index contributed by atoms with van der Waals surface area (Å²) in [4.78, 5) is 0. The molecule has 0 aromatic heterocycles. The van der Waals surface area contributed by atoms with Crippen LogP contribution in [0.1, 0.15) is 221 Å². The van der Waals surface area contributed by atoms with E-state index >= 15 is 0 Å². The first-order valence-electron chi connectivity index (χ1n) is 28.6. The minimum atomic E-state index is -0.112. The zero-order valence-corrected chi connectivity index (χ0v) is 44.3. The van der Waals surface area contributed by atoms with E-state index in [0.717, 1.165) is 41.7 Å². The summed E-state index contributed by atoms with van der Waals surface area (Å²) in [6.45, 7) is 22.4. The van der Waals surface area contributed by atoms with Crippen molar-refractivity contribution in [3.63, 3.8) is 0 Å². The van der Waals surface area contributed by atoms with Crippen molar-refractivity contribution < 1.29 is 20.4 Å². The lowest BCUT2D eigenvalue weighted by atomic mass is 9.66. The molecule has 4 N–H and O–H groups in total. The normalized spacial score (nSPS) is 38.8. The zero-order chi connectivity index (χ0) is 48.8. The number of benzene rings is 4. The Labute approximate surface area is 420 Å². The molecular weight excluding hydrogens is 857 g/mol. The molecule has 70 heavy (non-hydrogen) atoms. The van der Waals surface area contributed by atoms with Crippen LogP contribution in [0.3, 0.4) is 0 Å². The van der Waals surface area contributed by atoms with E-state index in [1.807, 2.05) is 0 Å². The van der Waals surface area contributed by atoms with Crippen molar-refractivity contribution in [1.82, 2.24) is 0 Å². The molecule has 4 nitrogen and oxygen atoms in total. The molecule has 0 spiro atoms. The van der Waals surface area contributed by atoms with Crippen molar-refractivity contribution in [1.29, 1.82) is 0 Å². The Morgan fingerprint density at radius 2 is 0.686 bits per heavy atom. The molecule has 4 aromatic rings. The summed E-state index contributed by atoms with van der Waals surface area (Å²) in [5.41, 5.74) is 14.6. The molecule has 0 heterocycles. The second-order valence-electron chi connectivity index (χ2n) is 28.3. The fourth-order valence-corrected chi connectivity index (χ4v) is 20.6. The standard InChI is InChI=1S/C66H84O4/c1-31-17-52(42-15-12-40-37-26-47(51(29-37)60(40)42)55-20-33(3)22-57(64(55)70)66(8,9)10)62(68)54(18-31)46-25-36-28-50(46)59-38(36)11-14-41(59)48-23-34(4)44(30-58(48)67)45-24-35-27-49(45)61-39(35)13-16-43(61)53-19-32(2)21-56(63(53)69)65(5,6)7/h17-23,30,35-43,45-47,49-51,59-61,67-70H,11-16,24-29H2,1-10H3. The molecular formula is C66H84O4. The quantitative estimate of drug-likeness (QED) is 0.155. The van der Waals surface area contributed by atoms with E-state index in [1.165, 1.54) is 120 Å². The highest BCUT2D eigenvalue weighted by molar-refractivity contribution is 5.54. The second-order valence-corrected chi connectivity index (χ2v) is 28.3. The average molecular weight is 941 g/mol. The molecule has 9 fully saturated rings. The van der Waals surface area contributed by atoms with Gasteiger partial charge in [-0.15, -0.1) is 0 Å².